The highest BCUT2D eigenvalue weighted by molar-refractivity contribution is 9.10. The number of benzene rings is 1. The lowest BCUT2D eigenvalue weighted by Gasteiger charge is -2.21. The maximum atomic E-state index is 12.5. The smallest absolute Gasteiger partial charge is 0.322 e. The molecule has 0 radical (unpaired) electrons. The third-order valence-corrected chi connectivity index (χ3v) is 5.85. The topological polar surface area (TPSA) is 74.7 Å². The van der Waals surface area contributed by atoms with Gasteiger partial charge >= 0.3 is 5.97 Å². The van der Waals surface area contributed by atoms with Crippen molar-refractivity contribution in [1.29, 1.82) is 0 Å². The van der Waals surface area contributed by atoms with E-state index in [1.165, 1.54) is 12.1 Å². The zero-order valence-corrected chi connectivity index (χ0v) is 12.9. The van der Waals surface area contributed by atoms with E-state index in [4.69, 9.17) is 16.7 Å². The van der Waals surface area contributed by atoms with Gasteiger partial charge in [-0.3, -0.25) is 4.79 Å². The molecule has 0 amide bonds. The third kappa shape index (κ3) is 2.79. The van der Waals surface area contributed by atoms with Crippen molar-refractivity contribution < 1.29 is 18.3 Å². The zero-order valence-electron chi connectivity index (χ0n) is 9.71. The van der Waals surface area contributed by atoms with Crippen LogP contribution < -0.4 is 0 Å². The highest BCUT2D eigenvalue weighted by atomic mass is 79.9. The molecule has 1 aromatic rings. The van der Waals surface area contributed by atoms with Crippen molar-refractivity contribution >= 4 is 43.5 Å². The number of carboxylic acid groups (broad SMARTS) is 1. The van der Waals surface area contributed by atoms with E-state index in [0.717, 1.165) is 4.31 Å². The SMILES string of the molecule is O=C(O)[C@H]1CCCN1S(=O)(=O)c1cc(Br)ccc1Cl. The Morgan fingerprint density at radius 1 is 1.47 bits per heavy atom. The van der Waals surface area contributed by atoms with Gasteiger partial charge in [0.25, 0.3) is 0 Å². The van der Waals surface area contributed by atoms with Crippen LogP contribution in [0.1, 0.15) is 12.8 Å². The van der Waals surface area contributed by atoms with Crippen LogP contribution in [-0.4, -0.2) is 36.4 Å². The fraction of sp³-hybridized carbons (Fsp3) is 0.364. The molecule has 0 bridgehead atoms. The molecule has 0 unspecified atom stereocenters. The van der Waals surface area contributed by atoms with Crippen LogP contribution in [0.3, 0.4) is 0 Å². The Morgan fingerprint density at radius 2 is 2.16 bits per heavy atom. The van der Waals surface area contributed by atoms with Crippen LogP contribution >= 0.6 is 27.5 Å². The quantitative estimate of drug-likeness (QED) is 0.888. The normalized spacial score (nSPS) is 20.6. The molecule has 8 heteroatoms. The van der Waals surface area contributed by atoms with E-state index in [1.807, 2.05) is 0 Å². The molecule has 1 fully saturated rings. The molecule has 1 aliphatic rings. The van der Waals surface area contributed by atoms with Gasteiger partial charge < -0.3 is 5.11 Å². The summed E-state index contributed by atoms with van der Waals surface area (Å²) in [6.07, 6.45) is 0.849. The number of carboxylic acids is 1. The van der Waals surface area contributed by atoms with Gasteiger partial charge in [0.05, 0.1) is 5.02 Å². The van der Waals surface area contributed by atoms with Gasteiger partial charge in [-0.05, 0) is 31.0 Å². The lowest BCUT2D eigenvalue weighted by molar-refractivity contribution is -0.140. The molecular weight excluding hydrogens is 358 g/mol. The Balaban J connectivity index is 2.48. The summed E-state index contributed by atoms with van der Waals surface area (Å²) in [7, 11) is -3.90. The molecule has 2 rings (SSSR count). The molecule has 1 saturated heterocycles. The molecule has 0 saturated carbocycles. The molecule has 104 valence electrons. The van der Waals surface area contributed by atoms with Gasteiger partial charge in [0.15, 0.2) is 0 Å². The van der Waals surface area contributed by atoms with Crippen molar-refractivity contribution in [2.45, 2.75) is 23.8 Å². The summed E-state index contributed by atoms with van der Waals surface area (Å²) < 4.78 is 26.5. The van der Waals surface area contributed by atoms with E-state index in [1.54, 1.807) is 6.07 Å². The lowest BCUT2D eigenvalue weighted by atomic mass is 10.2. The Bertz CT molecular complexity index is 619. The average Bonchev–Trinajstić information content (AvgIpc) is 2.82. The molecule has 1 aromatic carbocycles. The van der Waals surface area contributed by atoms with E-state index in [2.05, 4.69) is 15.9 Å². The third-order valence-electron chi connectivity index (χ3n) is 2.97. The maximum Gasteiger partial charge on any atom is 0.322 e. The number of sulfonamides is 1. The number of carbonyl (C=O) groups is 1. The minimum atomic E-state index is -3.90. The molecule has 5 nitrogen and oxygen atoms in total. The Morgan fingerprint density at radius 3 is 2.79 bits per heavy atom. The predicted octanol–water partition coefficient (Wildman–Crippen LogP) is 2.34. The molecule has 1 aliphatic heterocycles. The first-order valence-electron chi connectivity index (χ1n) is 5.54. The van der Waals surface area contributed by atoms with Gasteiger partial charge in [0.2, 0.25) is 10.0 Å². The van der Waals surface area contributed by atoms with Crippen molar-refractivity contribution in [1.82, 2.24) is 4.31 Å². The Hall–Kier alpha value is -0.630. The number of rotatable bonds is 3. The molecule has 1 heterocycles. The highest BCUT2D eigenvalue weighted by Crippen LogP contribution is 2.32. The summed E-state index contributed by atoms with van der Waals surface area (Å²) in [5.74, 6) is -1.13. The molecule has 19 heavy (non-hydrogen) atoms. The largest absolute Gasteiger partial charge is 0.480 e. The molecule has 1 N–H and O–H groups in total. The van der Waals surface area contributed by atoms with Gasteiger partial charge in [0.1, 0.15) is 10.9 Å². The van der Waals surface area contributed by atoms with Gasteiger partial charge in [-0.1, -0.05) is 27.5 Å². The van der Waals surface area contributed by atoms with Crippen LogP contribution in [0.5, 0.6) is 0 Å². The number of halogens is 2. The summed E-state index contributed by atoms with van der Waals surface area (Å²) in [6.45, 7) is 0.197. The van der Waals surface area contributed by atoms with Gasteiger partial charge in [-0.15, -0.1) is 0 Å². The van der Waals surface area contributed by atoms with Crippen molar-refractivity contribution in [3.05, 3.63) is 27.7 Å². The second kappa shape index (κ2) is 5.40. The maximum absolute atomic E-state index is 12.5. The highest BCUT2D eigenvalue weighted by Gasteiger charge is 2.40. The van der Waals surface area contributed by atoms with Crippen LogP contribution in [0.15, 0.2) is 27.6 Å². The number of aliphatic carboxylic acids is 1. The molecule has 0 spiro atoms. The molecule has 0 aliphatic carbocycles. The fourth-order valence-electron chi connectivity index (χ4n) is 2.08. The van der Waals surface area contributed by atoms with Crippen molar-refractivity contribution in [2.75, 3.05) is 6.54 Å². The molecule has 1 atom stereocenters. The summed E-state index contributed by atoms with van der Waals surface area (Å²) in [4.78, 5) is 11.0. The molecule has 0 aromatic heterocycles. The number of hydrogen-bond acceptors (Lipinski definition) is 3. The standard InChI is InChI=1S/C11H11BrClNO4S/c12-7-3-4-8(13)10(6-7)19(17,18)14-5-1-2-9(14)11(15)16/h3-4,6,9H,1-2,5H2,(H,15,16)/t9-/m1/s1. The monoisotopic (exact) mass is 367 g/mol. The second-order valence-electron chi connectivity index (χ2n) is 4.19. The molecular formula is C11H11BrClNO4S. The van der Waals surface area contributed by atoms with E-state index < -0.39 is 22.0 Å². The second-order valence-corrected chi connectivity index (χ2v) is 7.37. The predicted molar refractivity (Wildman–Crippen MR) is 73.7 cm³/mol. The van der Waals surface area contributed by atoms with Crippen LogP contribution in [0.25, 0.3) is 0 Å². The Kier molecular flexibility index (Phi) is 4.20. The fourth-order valence-corrected chi connectivity index (χ4v) is 4.74. The van der Waals surface area contributed by atoms with E-state index in [-0.39, 0.29) is 16.5 Å². The summed E-state index contributed by atoms with van der Waals surface area (Å²) in [5, 5.41) is 9.15. The van der Waals surface area contributed by atoms with Crippen LogP contribution in [0, 0.1) is 0 Å². The van der Waals surface area contributed by atoms with E-state index in [0.29, 0.717) is 17.3 Å². The van der Waals surface area contributed by atoms with Gasteiger partial charge in [-0.25, -0.2) is 8.42 Å². The van der Waals surface area contributed by atoms with E-state index >= 15 is 0 Å². The first kappa shape index (κ1) is 14.8. The average molecular weight is 369 g/mol. The van der Waals surface area contributed by atoms with Crippen LogP contribution in [0.2, 0.25) is 5.02 Å². The van der Waals surface area contributed by atoms with Crippen molar-refractivity contribution in [3.8, 4) is 0 Å². The van der Waals surface area contributed by atoms with Crippen molar-refractivity contribution in [2.24, 2.45) is 0 Å². The summed E-state index contributed by atoms with van der Waals surface area (Å²) >= 11 is 9.10. The minimum Gasteiger partial charge on any atom is -0.480 e. The first-order valence-corrected chi connectivity index (χ1v) is 8.15. The van der Waals surface area contributed by atoms with Crippen LogP contribution in [-0.2, 0) is 14.8 Å². The first-order chi connectivity index (χ1) is 8.84. The summed E-state index contributed by atoms with van der Waals surface area (Å²) in [6, 6.07) is 3.46. The number of hydrogen-bond donors (Lipinski definition) is 1. The minimum absolute atomic E-state index is 0.0725. The van der Waals surface area contributed by atoms with Gasteiger partial charge in [-0.2, -0.15) is 4.31 Å². The van der Waals surface area contributed by atoms with Crippen LogP contribution in [0.4, 0.5) is 0 Å². The summed E-state index contributed by atoms with van der Waals surface area (Å²) in [5.41, 5.74) is 0. The van der Waals surface area contributed by atoms with E-state index in [9.17, 15) is 13.2 Å². The van der Waals surface area contributed by atoms with Gasteiger partial charge in [0, 0.05) is 11.0 Å². The number of nitrogens with zero attached hydrogens (tertiary/aromatic N) is 1. The van der Waals surface area contributed by atoms with Crippen molar-refractivity contribution in [3.63, 3.8) is 0 Å². The zero-order chi connectivity index (χ0) is 14.2. The lowest BCUT2D eigenvalue weighted by Crippen LogP contribution is -2.40. The Labute approximate surface area is 124 Å².